The fourth-order valence-corrected chi connectivity index (χ4v) is 1.37. The molecule has 1 heterocycles. The van der Waals surface area contributed by atoms with Crippen molar-refractivity contribution in [2.45, 2.75) is 13.3 Å². The van der Waals surface area contributed by atoms with Crippen LogP contribution >= 0.6 is 0 Å². The lowest BCUT2D eigenvalue weighted by Crippen LogP contribution is -1.91. The van der Waals surface area contributed by atoms with E-state index >= 15 is 0 Å². The molecular weight excluding hydrogens is 191 g/mol. The van der Waals surface area contributed by atoms with E-state index in [0.29, 0.717) is 0 Å². The molecule has 0 radical (unpaired) electrons. The Balaban J connectivity index is 2.40. The first-order valence-corrected chi connectivity index (χ1v) is 4.86. The summed E-state index contributed by atoms with van der Waals surface area (Å²) in [5.74, 6) is -0.233. The minimum atomic E-state index is -0.233. The van der Waals surface area contributed by atoms with Crippen LogP contribution in [0.4, 0.5) is 4.39 Å². The van der Waals surface area contributed by atoms with Crippen LogP contribution in [0, 0.1) is 5.82 Å². The number of benzene rings is 1. The van der Waals surface area contributed by atoms with Crippen LogP contribution in [0.25, 0.3) is 11.3 Å². The second kappa shape index (κ2) is 4.17. The van der Waals surface area contributed by atoms with Crippen LogP contribution in [0.2, 0.25) is 0 Å². The summed E-state index contributed by atoms with van der Waals surface area (Å²) >= 11 is 0. The average Bonchev–Trinajstić information content (AvgIpc) is 2.30. The summed E-state index contributed by atoms with van der Waals surface area (Å²) in [5, 5.41) is 0. The fourth-order valence-electron chi connectivity index (χ4n) is 1.37. The van der Waals surface area contributed by atoms with Gasteiger partial charge in [0.1, 0.15) is 12.1 Å². The third kappa shape index (κ3) is 2.18. The van der Waals surface area contributed by atoms with Crippen LogP contribution in [-0.4, -0.2) is 9.97 Å². The fraction of sp³-hybridized carbons (Fsp3) is 0.167. The molecule has 0 N–H and O–H groups in total. The van der Waals surface area contributed by atoms with Gasteiger partial charge in [-0.25, -0.2) is 14.4 Å². The lowest BCUT2D eigenvalue weighted by atomic mass is 10.1. The third-order valence-corrected chi connectivity index (χ3v) is 2.23. The second-order valence-corrected chi connectivity index (χ2v) is 3.26. The van der Waals surface area contributed by atoms with Crippen LogP contribution in [-0.2, 0) is 6.42 Å². The zero-order chi connectivity index (χ0) is 10.7. The number of rotatable bonds is 2. The summed E-state index contributed by atoms with van der Waals surface area (Å²) in [5.41, 5.74) is 2.74. The summed E-state index contributed by atoms with van der Waals surface area (Å²) in [6.07, 6.45) is 2.41. The van der Waals surface area contributed by atoms with E-state index in [2.05, 4.69) is 9.97 Å². The van der Waals surface area contributed by atoms with Gasteiger partial charge in [0, 0.05) is 11.3 Å². The van der Waals surface area contributed by atoms with E-state index in [9.17, 15) is 4.39 Å². The van der Waals surface area contributed by atoms with Crippen molar-refractivity contribution in [3.63, 3.8) is 0 Å². The largest absolute Gasteiger partial charge is 0.241 e. The van der Waals surface area contributed by atoms with Crippen molar-refractivity contribution in [1.82, 2.24) is 9.97 Å². The maximum absolute atomic E-state index is 12.7. The lowest BCUT2D eigenvalue weighted by molar-refractivity contribution is 0.628. The minimum Gasteiger partial charge on any atom is -0.241 e. The van der Waals surface area contributed by atoms with E-state index in [1.165, 1.54) is 18.5 Å². The van der Waals surface area contributed by atoms with Gasteiger partial charge in [-0.15, -0.1) is 0 Å². The molecule has 0 unspecified atom stereocenters. The van der Waals surface area contributed by atoms with Gasteiger partial charge in [-0.05, 0) is 36.8 Å². The van der Waals surface area contributed by atoms with Crippen LogP contribution in [0.15, 0.2) is 36.7 Å². The summed E-state index contributed by atoms with van der Waals surface area (Å²) < 4.78 is 12.7. The van der Waals surface area contributed by atoms with Gasteiger partial charge in [0.05, 0.1) is 5.69 Å². The smallest absolute Gasteiger partial charge is 0.123 e. The highest BCUT2D eigenvalue weighted by Gasteiger charge is 2.00. The van der Waals surface area contributed by atoms with E-state index < -0.39 is 0 Å². The highest BCUT2D eigenvalue weighted by Crippen LogP contribution is 2.17. The number of halogens is 1. The third-order valence-electron chi connectivity index (χ3n) is 2.23. The minimum absolute atomic E-state index is 0.233. The molecular formula is C12H11FN2. The highest BCUT2D eigenvalue weighted by molar-refractivity contribution is 5.58. The number of hydrogen-bond donors (Lipinski definition) is 0. The number of aryl methyl sites for hydroxylation is 1. The van der Waals surface area contributed by atoms with Crippen molar-refractivity contribution in [1.29, 1.82) is 0 Å². The monoisotopic (exact) mass is 202 g/mol. The molecule has 0 bridgehead atoms. The van der Waals surface area contributed by atoms with Gasteiger partial charge >= 0.3 is 0 Å². The van der Waals surface area contributed by atoms with Gasteiger partial charge in [-0.2, -0.15) is 0 Å². The molecule has 0 fully saturated rings. The maximum Gasteiger partial charge on any atom is 0.123 e. The molecule has 2 rings (SSSR count). The van der Waals surface area contributed by atoms with Crippen LogP contribution in [0.5, 0.6) is 0 Å². The molecule has 1 aromatic heterocycles. The lowest BCUT2D eigenvalue weighted by Gasteiger charge is -2.01. The highest BCUT2D eigenvalue weighted by atomic mass is 19.1. The Hall–Kier alpha value is -1.77. The SMILES string of the molecule is CCc1cc(-c2ccc(F)cc2)ncn1. The molecule has 0 saturated carbocycles. The molecule has 3 heteroatoms. The first-order valence-electron chi connectivity index (χ1n) is 4.86. The second-order valence-electron chi connectivity index (χ2n) is 3.26. The van der Waals surface area contributed by atoms with Crippen LogP contribution in [0.1, 0.15) is 12.6 Å². The molecule has 76 valence electrons. The van der Waals surface area contributed by atoms with Crippen molar-refractivity contribution in [2.24, 2.45) is 0 Å². The van der Waals surface area contributed by atoms with Crippen molar-refractivity contribution in [3.8, 4) is 11.3 Å². The first-order chi connectivity index (χ1) is 7.29. The molecule has 0 saturated heterocycles. The quantitative estimate of drug-likeness (QED) is 0.748. The zero-order valence-electron chi connectivity index (χ0n) is 8.44. The normalized spacial score (nSPS) is 10.3. The number of aromatic nitrogens is 2. The zero-order valence-corrected chi connectivity index (χ0v) is 8.44. The molecule has 2 nitrogen and oxygen atoms in total. The Morgan fingerprint density at radius 2 is 1.87 bits per heavy atom. The first kappa shape index (κ1) is 9.77. The molecule has 1 aromatic carbocycles. The predicted molar refractivity (Wildman–Crippen MR) is 56.8 cm³/mol. The molecule has 0 atom stereocenters. The Morgan fingerprint density at radius 1 is 1.13 bits per heavy atom. The average molecular weight is 202 g/mol. The van der Waals surface area contributed by atoms with E-state index in [-0.39, 0.29) is 5.82 Å². The molecule has 0 aliphatic heterocycles. The van der Waals surface area contributed by atoms with Gasteiger partial charge in [-0.1, -0.05) is 6.92 Å². The summed E-state index contributed by atoms with van der Waals surface area (Å²) in [6, 6.07) is 8.23. The Bertz CT molecular complexity index is 451. The number of nitrogens with zero attached hydrogens (tertiary/aromatic N) is 2. The van der Waals surface area contributed by atoms with Gasteiger partial charge < -0.3 is 0 Å². The van der Waals surface area contributed by atoms with E-state index in [4.69, 9.17) is 0 Å². The molecule has 2 aromatic rings. The predicted octanol–water partition coefficient (Wildman–Crippen LogP) is 2.85. The van der Waals surface area contributed by atoms with E-state index in [0.717, 1.165) is 23.4 Å². The molecule has 0 spiro atoms. The van der Waals surface area contributed by atoms with Gasteiger partial charge in [-0.3, -0.25) is 0 Å². The van der Waals surface area contributed by atoms with Crippen molar-refractivity contribution >= 4 is 0 Å². The molecule has 0 aliphatic rings. The number of hydrogen-bond acceptors (Lipinski definition) is 2. The van der Waals surface area contributed by atoms with Crippen molar-refractivity contribution in [3.05, 3.63) is 48.2 Å². The topological polar surface area (TPSA) is 25.8 Å². The Labute approximate surface area is 87.8 Å². The van der Waals surface area contributed by atoms with E-state index in [1.807, 2.05) is 13.0 Å². The Morgan fingerprint density at radius 3 is 2.53 bits per heavy atom. The van der Waals surface area contributed by atoms with Crippen molar-refractivity contribution in [2.75, 3.05) is 0 Å². The Kier molecular flexibility index (Phi) is 2.72. The summed E-state index contributed by atoms with van der Waals surface area (Å²) in [6.45, 7) is 2.04. The standard InChI is InChI=1S/C12H11FN2/c1-2-11-7-12(15-8-14-11)9-3-5-10(13)6-4-9/h3-8H,2H2,1H3. The van der Waals surface area contributed by atoms with Crippen LogP contribution in [0.3, 0.4) is 0 Å². The summed E-state index contributed by atoms with van der Waals surface area (Å²) in [4.78, 5) is 8.27. The maximum atomic E-state index is 12.7. The molecule has 0 aliphatic carbocycles. The van der Waals surface area contributed by atoms with Gasteiger partial charge in [0.25, 0.3) is 0 Å². The molecule has 0 amide bonds. The van der Waals surface area contributed by atoms with Gasteiger partial charge in [0.15, 0.2) is 0 Å². The summed E-state index contributed by atoms with van der Waals surface area (Å²) in [7, 11) is 0. The molecule has 15 heavy (non-hydrogen) atoms. The van der Waals surface area contributed by atoms with E-state index in [1.54, 1.807) is 12.1 Å². The van der Waals surface area contributed by atoms with Crippen LogP contribution < -0.4 is 0 Å². The van der Waals surface area contributed by atoms with Crippen molar-refractivity contribution < 1.29 is 4.39 Å². The van der Waals surface area contributed by atoms with Gasteiger partial charge in [0.2, 0.25) is 0 Å².